The SMILES string of the molecule is CCC1CCC(CCC(C)(C)OC)(C(=O)O)C1. The van der Waals surface area contributed by atoms with Gasteiger partial charge in [0.25, 0.3) is 0 Å². The van der Waals surface area contributed by atoms with Gasteiger partial charge >= 0.3 is 5.97 Å². The van der Waals surface area contributed by atoms with Crippen molar-refractivity contribution in [1.29, 1.82) is 0 Å². The highest BCUT2D eigenvalue weighted by Crippen LogP contribution is 2.47. The fourth-order valence-corrected chi connectivity index (χ4v) is 2.76. The zero-order chi connectivity index (χ0) is 13.1. The molecule has 0 heterocycles. The number of ether oxygens (including phenoxy) is 1. The molecule has 0 aromatic carbocycles. The number of carboxylic acid groups (broad SMARTS) is 1. The van der Waals surface area contributed by atoms with Crippen LogP contribution in [0.25, 0.3) is 0 Å². The van der Waals surface area contributed by atoms with E-state index in [1.807, 2.05) is 13.8 Å². The van der Waals surface area contributed by atoms with E-state index in [2.05, 4.69) is 6.92 Å². The number of rotatable bonds is 6. The second-order valence-electron chi connectivity index (χ2n) is 6.07. The van der Waals surface area contributed by atoms with Gasteiger partial charge in [0.05, 0.1) is 11.0 Å². The van der Waals surface area contributed by atoms with Gasteiger partial charge in [0.2, 0.25) is 0 Å². The molecule has 0 bridgehead atoms. The summed E-state index contributed by atoms with van der Waals surface area (Å²) in [5.74, 6) is -0.0166. The number of hydrogen-bond acceptors (Lipinski definition) is 2. The highest BCUT2D eigenvalue weighted by molar-refractivity contribution is 5.75. The third-order valence-electron chi connectivity index (χ3n) is 4.50. The molecule has 0 aromatic rings. The maximum Gasteiger partial charge on any atom is 0.309 e. The molecule has 0 spiro atoms. The first kappa shape index (κ1) is 14.5. The molecule has 2 atom stereocenters. The lowest BCUT2D eigenvalue weighted by Gasteiger charge is -2.30. The second-order valence-corrected chi connectivity index (χ2v) is 6.07. The van der Waals surface area contributed by atoms with Gasteiger partial charge in [-0.3, -0.25) is 4.79 Å². The average molecular weight is 242 g/mol. The number of aliphatic carboxylic acids is 1. The first-order valence-corrected chi connectivity index (χ1v) is 6.64. The minimum Gasteiger partial charge on any atom is -0.481 e. The molecule has 1 N–H and O–H groups in total. The van der Waals surface area contributed by atoms with Gasteiger partial charge in [-0.05, 0) is 51.9 Å². The zero-order valence-electron chi connectivity index (χ0n) is 11.6. The largest absolute Gasteiger partial charge is 0.481 e. The lowest BCUT2D eigenvalue weighted by atomic mass is 9.78. The van der Waals surface area contributed by atoms with E-state index in [9.17, 15) is 9.90 Å². The number of methoxy groups -OCH3 is 1. The van der Waals surface area contributed by atoms with E-state index >= 15 is 0 Å². The summed E-state index contributed by atoms with van der Waals surface area (Å²) in [7, 11) is 1.69. The van der Waals surface area contributed by atoms with E-state index in [1.165, 1.54) is 0 Å². The van der Waals surface area contributed by atoms with E-state index in [4.69, 9.17) is 4.74 Å². The second kappa shape index (κ2) is 5.38. The molecule has 17 heavy (non-hydrogen) atoms. The molecule has 0 radical (unpaired) electrons. The van der Waals surface area contributed by atoms with Crippen molar-refractivity contribution in [3.05, 3.63) is 0 Å². The van der Waals surface area contributed by atoms with E-state index in [0.717, 1.165) is 38.5 Å². The van der Waals surface area contributed by atoms with Crippen LogP contribution in [-0.2, 0) is 9.53 Å². The predicted molar refractivity (Wildman–Crippen MR) is 68.0 cm³/mol. The van der Waals surface area contributed by atoms with Crippen LogP contribution in [-0.4, -0.2) is 23.8 Å². The maximum absolute atomic E-state index is 11.5. The standard InChI is InChI=1S/C14H26O3/c1-5-11-6-7-14(10-11,12(15)16)9-8-13(2,3)17-4/h11H,5-10H2,1-4H3,(H,15,16). The zero-order valence-corrected chi connectivity index (χ0v) is 11.6. The van der Waals surface area contributed by atoms with Crippen LogP contribution in [0.5, 0.6) is 0 Å². The van der Waals surface area contributed by atoms with Gasteiger partial charge in [0, 0.05) is 7.11 Å². The Hall–Kier alpha value is -0.570. The molecule has 0 amide bonds. The molecule has 0 aromatic heterocycles. The number of carbonyl (C=O) groups is 1. The molecule has 1 saturated carbocycles. The maximum atomic E-state index is 11.5. The molecule has 1 aliphatic rings. The minimum atomic E-state index is -0.611. The third-order valence-corrected chi connectivity index (χ3v) is 4.50. The van der Waals surface area contributed by atoms with Crippen molar-refractivity contribution in [3.63, 3.8) is 0 Å². The molecule has 2 unspecified atom stereocenters. The Morgan fingerprint density at radius 3 is 2.59 bits per heavy atom. The van der Waals surface area contributed by atoms with Crippen LogP contribution in [0, 0.1) is 11.3 Å². The summed E-state index contributed by atoms with van der Waals surface area (Å²) < 4.78 is 5.38. The topological polar surface area (TPSA) is 46.5 Å². The quantitative estimate of drug-likeness (QED) is 0.775. The normalized spacial score (nSPS) is 29.5. The van der Waals surface area contributed by atoms with Gasteiger partial charge in [-0.1, -0.05) is 13.3 Å². The lowest BCUT2D eigenvalue weighted by Crippen LogP contribution is -2.32. The van der Waals surface area contributed by atoms with Gasteiger partial charge < -0.3 is 9.84 Å². The molecule has 0 saturated heterocycles. The van der Waals surface area contributed by atoms with Crippen molar-refractivity contribution >= 4 is 5.97 Å². The minimum absolute atomic E-state index is 0.216. The summed E-state index contributed by atoms with van der Waals surface area (Å²) in [5.41, 5.74) is -0.705. The predicted octanol–water partition coefficient (Wildman–Crippen LogP) is 3.47. The van der Waals surface area contributed by atoms with Gasteiger partial charge in [0.15, 0.2) is 0 Å². The van der Waals surface area contributed by atoms with Crippen molar-refractivity contribution < 1.29 is 14.6 Å². The van der Waals surface area contributed by atoms with Crippen LogP contribution in [0.2, 0.25) is 0 Å². The van der Waals surface area contributed by atoms with Crippen molar-refractivity contribution in [2.45, 2.75) is 64.9 Å². The molecule has 0 aliphatic heterocycles. The molecular weight excluding hydrogens is 216 g/mol. The lowest BCUT2D eigenvalue weighted by molar-refractivity contribution is -0.150. The van der Waals surface area contributed by atoms with Crippen molar-refractivity contribution in [2.75, 3.05) is 7.11 Å². The van der Waals surface area contributed by atoms with Crippen LogP contribution < -0.4 is 0 Å². The Morgan fingerprint density at radius 2 is 2.18 bits per heavy atom. The van der Waals surface area contributed by atoms with Gasteiger partial charge in [0.1, 0.15) is 0 Å². The Morgan fingerprint density at radius 1 is 1.53 bits per heavy atom. The van der Waals surface area contributed by atoms with Crippen LogP contribution >= 0.6 is 0 Å². The van der Waals surface area contributed by atoms with Crippen molar-refractivity contribution in [1.82, 2.24) is 0 Å². The molecule has 100 valence electrons. The summed E-state index contributed by atoms with van der Waals surface area (Å²) in [4.78, 5) is 11.5. The van der Waals surface area contributed by atoms with Crippen molar-refractivity contribution in [3.8, 4) is 0 Å². The molecular formula is C14H26O3. The van der Waals surface area contributed by atoms with Crippen LogP contribution in [0.1, 0.15) is 59.3 Å². The van der Waals surface area contributed by atoms with Gasteiger partial charge in [-0.15, -0.1) is 0 Å². The summed E-state index contributed by atoms with van der Waals surface area (Å²) in [6, 6.07) is 0. The molecule has 1 rings (SSSR count). The first-order valence-electron chi connectivity index (χ1n) is 6.64. The highest BCUT2D eigenvalue weighted by atomic mass is 16.5. The summed E-state index contributed by atoms with van der Waals surface area (Å²) in [5, 5.41) is 9.51. The van der Waals surface area contributed by atoms with E-state index in [-0.39, 0.29) is 5.60 Å². The fourth-order valence-electron chi connectivity index (χ4n) is 2.76. The first-order chi connectivity index (χ1) is 7.85. The Balaban J connectivity index is 2.65. The van der Waals surface area contributed by atoms with Gasteiger partial charge in [-0.25, -0.2) is 0 Å². The van der Waals surface area contributed by atoms with Gasteiger partial charge in [-0.2, -0.15) is 0 Å². The summed E-state index contributed by atoms with van der Waals surface area (Å²) >= 11 is 0. The number of carboxylic acids is 1. The number of hydrogen-bond donors (Lipinski definition) is 1. The molecule has 3 nitrogen and oxygen atoms in total. The van der Waals surface area contributed by atoms with E-state index in [1.54, 1.807) is 7.11 Å². The van der Waals surface area contributed by atoms with E-state index < -0.39 is 11.4 Å². The molecule has 3 heteroatoms. The Kier molecular flexibility index (Phi) is 4.59. The highest BCUT2D eigenvalue weighted by Gasteiger charge is 2.45. The van der Waals surface area contributed by atoms with Crippen LogP contribution in [0.3, 0.4) is 0 Å². The van der Waals surface area contributed by atoms with E-state index in [0.29, 0.717) is 5.92 Å². The monoisotopic (exact) mass is 242 g/mol. The van der Waals surface area contributed by atoms with Crippen LogP contribution in [0.15, 0.2) is 0 Å². The smallest absolute Gasteiger partial charge is 0.309 e. The Labute approximate surface area is 105 Å². The van der Waals surface area contributed by atoms with Crippen LogP contribution in [0.4, 0.5) is 0 Å². The van der Waals surface area contributed by atoms with Crippen molar-refractivity contribution in [2.24, 2.45) is 11.3 Å². The Bertz CT molecular complexity index is 273. The molecule has 1 fully saturated rings. The molecule has 1 aliphatic carbocycles. The third kappa shape index (κ3) is 3.44. The fraction of sp³-hybridized carbons (Fsp3) is 0.929. The summed E-state index contributed by atoms with van der Waals surface area (Å²) in [6.45, 7) is 6.20. The summed E-state index contributed by atoms with van der Waals surface area (Å²) in [6.07, 6.45) is 5.39. The average Bonchev–Trinajstić information content (AvgIpc) is 2.72.